The Morgan fingerprint density at radius 2 is 1.85 bits per heavy atom. The summed E-state index contributed by atoms with van der Waals surface area (Å²) in [4.78, 5) is 33.2. The number of rotatable bonds is 7. The summed E-state index contributed by atoms with van der Waals surface area (Å²) in [6, 6.07) is 5.30. The summed E-state index contributed by atoms with van der Waals surface area (Å²) in [5.41, 5.74) is -4.33. The second-order valence-corrected chi connectivity index (χ2v) is 9.65. The Kier molecular flexibility index (Phi) is 7.57. The van der Waals surface area contributed by atoms with Crippen LogP contribution in [-0.2, 0) is 22.1 Å². The molecule has 0 N–H and O–H groups in total. The zero-order valence-electron chi connectivity index (χ0n) is 21.8. The number of methoxy groups -OCH3 is 1. The van der Waals surface area contributed by atoms with Crippen LogP contribution in [-0.4, -0.2) is 46.3 Å². The highest BCUT2D eigenvalue weighted by molar-refractivity contribution is 7.81. The third-order valence-corrected chi connectivity index (χ3v) is 6.74. The molecule has 0 bridgehead atoms. The first-order valence-corrected chi connectivity index (χ1v) is 12.3. The number of carbonyl (C=O) groups is 1. The third kappa shape index (κ3) is 4.75. The summed E-state index contributed by atoms with van der Waals surface area (Å²) in [6.45, 7) is 4.88. The number of hydrogen-bond donors (Lipinski definition) is 0. The molecule has 1 aromatic carbocycles. The number of aryl methyl sites for hydroxylation is 1. The van der Waals surface area contributed by atoms with Gasteiger partial charge in [0.15, 0.2) is 16.6 Å². The van der Waals surface area contributed by atoms with E-state index in [0.29, 0.717) is 6.07 Å². The van der Waals surface area contributed by atoms with Crippen molar-refractivity contribution in [1.82, 2.24) is 9.38 Å². The van der Waals surface area contributed by atoms with Gasteiger partial charge in [-0.15, -0.1) is 0 Å². The van der Waals surface area contributed by atoms with E-state index in [1.807, 2.05) is 0 Å². The lowest BCUT2D eigenvalue weighted by atomic mass is 10.0. The fraction of sp³-hybridized carbons (Fsp3) is 0.346. The summed E-state index contributed by atoms with van der Waals surface area (Å²) in [6.07, 6.45) is -3.34. The van der Waals surface area contributed by atoms with Gasteiger partial charge in [-0.25, -0.2) is 9.37 Å². The van der Waals surface area contributed by atoms with Crippen LogP contribution in [0.4, 0.5) is 28.9 Å². The lowest BCUT2D eigenvalue weighted by molar-refractivity contribution is -0.137. The van der Waals surface area contributed by atoms with Crippen molar-refractivity contribution < 1.29 is 31.8 Å². The van der Waals surface area contributed by atoms with Crippen molar-refractivity contribution in [3.8, 4) is 11.8 Å². The number of anilines is 2. The molecule has 0 radical (unpaired) electrons. The summed E-state index contributed by atoms with van der Waals surface area (Å²) in [7, 11) is 1.46. The number of alkyl halides is 3. The van der Waals surface area contributed by atoms with Crippen molar-refractivity contribution in [1.29, 1.82) is 5.26 Å². The van der Waals surface area contributed by atoms with Crippen molar-refractivity contribution >= 4 is 40.3 Å². The summed E-state index contributed by atoms with van der Waals surface area (Å²) >= 11 is 5.51. The van der Waals surface area contributed by atoms with E-state index in [2.05, 4.69) is 4.98 Å². The van der Waals surface area contributed by atoms with Gasteiger partial charge in [0.25, 0.3) is 5.91 Å². The van der Waals surface area contributed by atoms with Crippen LogP contribution in [0, 0.1) is 17.1 Å². The fourth-order valence-electron chi connectivity index (χ4n) is 4.41. The molecular weight excluding hydrogens is 554 g/mol. The summed E-state index contributed by atoms with van der Waals surface area (Å²) in [5, 5.41) is 8.86. The highest BCUT2D eigenvalue weighted by Gasteiger charge is 2.51. The molecule has 1 aliphatic heterocycles. The first-order valence-electron chi connectivity index (χ1n) is 11.9. The van der Waals surface area contributed by atoms with Crippen LogP contribution in [0.5, 0.6) is 5.75 Å². The smallest absolute Gasteiger partial charge is 0.417 e. The minimum Gasteiger partial charge on any atom is -0.484 e. The first-order chi connectivity index (χ1) is 18.8. The van der Waals surface area contributed by atoms with Gasteiger partial charge in [-0.3, -0.25) is 18.9 Å². The Morgan fingerprint density at radius 3 is 2.45 bits per heavy atom. The number of halogens is 4. The Bertz CT molecular complexity index is 1630. The maximum absolute atomic E-state index is 15.4. The van der Waals surface area contributed by atoms with E-state index >= 15 is 4.39 Å². The maximum Gasteiger partial charge on any atom is 0.417 e. The highest BCUT2D eigenvalue weighted by Crippen LogP contribution is 2.40. The molecule has 2 aromatic heterocycles. The standard InChI is InChI=1S/C26H23F4N5O4S/c1-5-19-20(39-9-8-38-4)22(36)33-13-16(11-18(27)21(33)32-19)35-24(40)34(23(37)25(35,2)3)15-7-6-14(12-31)17(10-15)26(28,29)30/h6-7,10-11,13H,5,8-9H2,1-4H3. The van der Waals surface area contributed by atoms with Gasteiger partial charge in [0.2, 0.25) is 5.75 Å². The number of thiocarbonyl (C=S) groups is 1. The zero-order chi connectivity index (χ0) is 29.6. The Balaban J connectivity index is 1.86. The van der Waals surface area contributed by atoms with Crippen molar-refractivity contribution in [2.45, 2.75) is 38.9 Å². The van der Waals surface area contributed by atoms with Crippen LogP contribution in [0.15, 0.2) is 35.3 Å². The van der Waals surface area contributed by atoms with Crippen LogP contribution in [0.2, 0.25) is 0 Å². The molecule has 1 saturated heterocycles. The molecule has 1 amide bonds. The number of aromatic nitrogens is 2. The number of ether oxygens (including phenoxy) is 2. The third-order valence-electron chi connectivity index (χ3n) is 6.38. The summed E-state index contributed by atoms with van der Waals surface area (Å²) < 4.78 is 67.7. The van der Waals surface area contributed by atoms with Crippen LogP contribution >= 0.6 is 12.2 Å². The van der Waals surface area contributed by atoms with E-state index < -0.39 is 40.1 Å². The zero-order valence-corrected chi connectivity index (χ0v) is 22.6. The predicted molar refractivity (Wildman–Crippen MR) is 141 cm³/mol. The van der Waals surface area contributed by atoms with Crippen LogP contribution in [0.3, 0.4) is 0 Å². The van der Waals surface area contributed by atoms with Crippen LogP contribution < -0.4 is 20.1 Å². The molecule has 0 aliphatic carbocycles. The van der Waals surface area contributed by atoms with Gasteiger partial charge in [-0.05, 0) is 50.7 Å². The molecule has 210 valence electrons. The lowest BCUT2D eigenvalue weighted by Crippen LogP contribution is -2.44. The molecule has 0 spiro atoms. The average molecular weight is 578 g/mol. The van der Waals surface area contributed by atoms with Crippen molar-refractivity contribution in [3.05, 3.63) is 63.5 Å². The first kappa shape index (κ1) is 28.9. The molecule has 4 rings (SSSR count). The molecule has 0 atom stereocenters. The SMILES string of the molecule is CCc1nc2c(F)cc(N3C(=S)N(c4ccc(C#N)c(C(F)(F)F)c4)C(=O)C3(C)C)cn2c(=O)c1OCCOC. The van der Waals surface area contributed by atoms with E-state index in [0.717, 1.165) is 21.4 Å². The molecule has 0 saturated carbocycles. The molecule has 1 aliphatic rings. The normalized spacial score (nSPS) is 15.2. The van der Waals surface area contributed by atoms with Gasteiger partial charge in [-0.1, -0.05) is 6.92 Å². The van der Waals surface area contributed by atoms with Crippen LogP contribution in [0.1, 0.15) is 37.6 Å². The van der Waals surface area contributed by atoms with Crippen LogP contribution in [0.25, 0.3) is 5.65 Å². The Labute approximate surface area is 231 Å². The van der Waals surface area contributed by atoms with Gasteiger partial charge in [0, 0.05) is 19.4 Å². The molecular formula is C26H23F4N5O4S. The van der Waals surface area contributed by atoms with E-state index in [1.165, 1.54) is 44.2 Å². The second-order valence-electron chi connectivity index (χ2n) is 9.28. The average Bonchev–Trinajstić information content (AvgIpc) is 3.07. The van der Waals surface area contributed by atoms with Gasteiger partial charge >= 0.3 is 11.7 Å². The molecule has 0 unspecified atom stereocenters. The number of nitrogens with zero attached hydrogens (tertiary/aromatic N) is 5. The number of carbonyl (C=O) groups excluding carboxylic acids is 1. The molecule has 1 fully saturated rings. The molecule has 9 nitrogen and oxygen atoms in total. The Morgan fingerprint density at radius 1 is 1.15 bits per heavy atom. The van der Waals surface area contributed by atoms with Crippen molar-refractivity contribution in [3.63, 3.8) is 0 Å². The number of fused-ring (bicyclic) bond motifs is 1. The van der Waals surface area contributed by atoms with Crippen molar-refractivity contribution in [2.75, 3.05) is 30.1 Å². The number of pyridine rings is 1. The predicted octanol–water partition coefficient (Wildman–Crippen LogP) is 4.23. The van der Waals surface area contributed by atoms with E-state index in [1.54, 1.807) is 6.92 Å². The van der Waals surface area contributed by atoms with Gasteiger partial charge in [0.05, 0.1) is 40.9 Å². The number of amides is 1. The van der Waals surface area contributed by atoms with E-state index in [4.69, 9.17) is 27.0 Å². The number of hydrogen-bond acceptors (Lipinski definition) is 7. The maximum atomic E-state index is 15.4. The minimum absolute atomic E-state index is 0.0171. The largest absolute Gasteiger partial charge is 0.484 e. The second kappa shape index (κ2) is 10.5. The molecule has 40 heavy (non-hydrogen) atoms. The minimum atomic E-state index is -4.86. The topological polar surface area (TPSA) is 100 Å². The van der Waals surface area contributed by atoms with Gasteiger partial charge < -0.3 is 14.4 Å². The summed E-state index contributed by atoms with van der Waals surface area (Å²) in [5.74, 6) is -1.69. The fourth-order valence-corrected chi connectivity index (χ4v) is 4.93. The quantitative estimate of drug-likeness (QED) is 0.234. The monoisotopic (exact) mass is 577 g/mol. The highest BCUT2D eigenvalue weighted by atomic mass is 32.1. The Hall–Kier alpha value is -4.09. The molecule has 3 aromatic rings. The molecule has 3 heterocycles. The van der Waals surface area contributed by atoms with E-state index in [-0.39, 0.29) is 53.2 Å². The lowest BCUT2D eigenvalue weighted by Gasteiger charge is -2.29. The van der Waals surface area contributed by atoms with Crippen molar-refractivity contribution in [2.24, 2.45) is 0 Å². The van der Waals surface area contributed by atoms with E-state index in [9.17, 15) is 22.8 Å². The van der Waals surface area contributed by atoms with Gasteiger partial charge in [0.1, 0.15) is 12.1 Å². The molecule has 14 heteroatoms. The van der Waals surface area contributed by atoms with Gasteiger partial charge in [-0.2, -0.15) is 18.4 Å². The number of nitriles is 1. The number of benzene rings is 1.